The van der Waals surface area contributed by atoms with Crippen molar-refractivity contribution in [2.24, 2.45) is 0 Å². The molecule has 8 nitrogen and oxygen atoms in total. The van der Waals surface area contributed by atoms with Crippen molar-refractivity contribution in [1.82, 2.24) is 18.9 Å². The molecular formula is C33H35FN4O4. The number of pyridine rings is 1. The van der Waals surface area contributed by atoms with Gasteiger partial charge in [0.1, 0.15) is 28.5 Å². The Labute approximate surface area is 244 Å². The Morgan fingerprint density at radius 3 is 2.50 bits per heavy atom. The molecule has 5 aromatic rings. The first-order valence-electron chi connectivity index (χ1n) is 14.1. The summed E-state index contributed by atoms with van der Waals surface area (Å²) in [5.41, 5.74) is 3.88. The number of carbonyl (C=O) groups is 1. The van der Waals surface area contributed by atoms with Crippen LogP contribution in [0.25, 0.3) is 16.8 Å². The van der Waals surface area contributed by atoms with Crippen molar-refractivity contribution in [3.63, 3.8) is 0 Å². The van der Waals surface area contributed by atoms with Gasteiger partial charge in [0.05, 0.1) is 13.2 Å². The normalized spacial score (nSPS) is 11.5. The van der Waals surface area contributed by atoms with Crippen molar-refractivity contribution >= 4 is 11.6 Å². The van der Waals surface area contributed by atoms with E-state index in [-0.39, 0.29) is 24.5 Å². The monoisotopic (exact) mass is 570 g/mol. The number of furan rings is 1. The van der Waals surface area contributed by atoms with E-state index < -0.39 is 11.5 Å². The summed E-state index contributed by atoms with van der Waals surface area (Å²) in [4.78, 5) is 33.5. The number of nitrogens with zero attached hydrogens (tertiary/aromatic N) is 4. The van der Waals surface area contributed by atoms with Gasteiger partial charge in [-0.3, -0.25) is 14.2 Å². The lowest BCUT2D eigenvalue weighted by molar-refractivity contribution is 0.0523. The number of hydrogen-bond donors (Lipinski definition) is 0. The molecule has 0 fully saturated rings. The molecule has 4 heterocycles. The van der Waals surface area contributed by atoms with E-state index in [4.69, 9.17) is 9.15 Å². The van der Waals surface area contributed by atoms with E-state index in [2.05, 4.69) is 9.88 Å². The minimum absolute atomic E-state index is 0.104. The van der Waals surface area contributed by atoms with Crippen LogP contribution in [0, 0.1) is 19.7 Å². The van der Waals surface area contributed by atoms with Crippen LogP contribution >= 0.6 is 0 Å². The molecule has 9 heteroatoms. The van der Waals surface area contributed by atoms with Gasteiger partial charge in [0.25, 0.3) is 5.56 Å². The molecule has 0 radical (unpaired) electrons. The van der Waals surface area contributed by atoms with E-state index in [1.54, 1.807) is 40.3 Å². The van der Waals surface area contributed by atoms with E-state index in [1.165, 1.54) is 12.3 Å². The summed E-state index contributed by atoms with van der Waals surface area (Å²) in [6.07, 6.45) is 4.58. The summed E-state index contributed by atoms with van der Waals surface area (Å²) in [7, 11) is 2.03. The smallest absolute Gasteiger partial charge is 0.345 e. The van der Waals surface area contributed by atoms with Gasteiger partial charge in [-0.25, -0.2) is 9.18 Å². The number of likely N-dealkylation sites (N-methyl/N-ethyl adjacent to an activating group) is 1. The topological polar surface area (TPSA) is 82.0 Å². The third kappa shape index (κ3) is 6.06. The fourth-order valence-electron chi connectivity index (χ4n) is 5.29. The first kappa shape index (κ1) is 29.0. The number of carbonyl (C=O) groups excluding carboxylic acids is 1. The maximum absolute atomic E-state index is 14.7. The zero-order valence-electron chi connectivity index (χ0n) is 24.4. The SMILES string of the molecule is CCOC(=O)c1cn(Cc2ccccc2F)c2cc(-c3cc(C)oc3C)c(CCN(C)CCc3ccccn3)n2c1=O. The number of esters is 1. The molecule has 42 heavy (non-hydrogen) atoms. The minimum Gasteiger partial charge on any atom is -0.466 e. The molecular weight excluding hydrogens is 535 g/mol. The predicted octanol–water partition coefficient (Wildman–Crippen LogP) is 5.45. The number of halogens is 1. The molecule has 0 aliphatic carbocycles. The Morgan fingerprint density at radius 1 is 1.05 bits per heavy atom. The number of rotatable bonds is 11. The lowest BCUT2D eigenvalue weighted by Gasteiger charge is -2.18. The molecule has 0 spiro atoms. The summed E-state index contributed by atoms with van der Waals surface area (Å²) < 4.78 is 29.2. The van der Waals surface area contributed by atoms with Gasteiger partial charge in [0, 0.05) is 66.4 Å². The van der Waals surface area contributed by atoms with Crippen LogP contribution in [-0.2, 0) is 24.1 Å². The van der Waals surface area contributed by atoms with E-state index >= 15 is 0 Å². The van der Waals surface area contributed by atoms with Crippen LogP contribution in [0.2, 0.25) is 0 Å². The maximum Gasteiger partial charge on any atom is 0.345 e. The Balaban J connectivity index is 1.62. The van der Waals surface area contributed by atoms with Gasteiger partial charge < -0.3 is 18.6 Å². The second kappa shape index (κ2) is 12.6. The van der Waals surface area contributed by atoms with Gasteiger partial charge in [0.2, 0.25) is 0 Å². The van der Waals surface area contributed by atoms with E-state index in [0.717, 1.165) is 47.0 Å². The zero-order valence-corrected chi connectivity index (χ0v) is 24.4. The number of aromatic nitrogens is 3. The van der Waals surface area contributed by atoms with Crippen molar-refractivity contribution in [3.05, 3.63) is 117 Å². The fourth-order valence-corrected chi connectivity index (χ4v) is 5.29. The summed E-state index contributed by atoms with van der Waals surface area (Å²) in [6.45, 7) is 7.15. The average Bonchev–Trinajstić information content (AvgIpc) is 3.53. The number of aryl methyl sites for hydroxylation is 2. The molecule has 0 saturated carbocycles. The highest BCUT2D eigenvalue weighted by molar-refractivity contribution is 5.89. The Hall–Kier alpha value is -4.50. The highest BCUT2D eigenvalue weighted by Gasteiger charge is 2.24. The van der Waals surface area contributed by atoms with Gasteiger partial charge >= 0.3 is 5.97 Å². The van der Waals surface area contributed by atoms with Crippen molar-refractivity contribution in [2.75, 3.05) is 26.7 Å². The second-order valence-corrected chi connectivity index (χ2v) is 10.4. The minimum atomic E-state index is -0.712. The molecule has 0 atom stereocenters. The van der Waals surface area contributed by atoms with Crippen LogP contribution < -0.4 is 5.56 Å². The summed E-state index contributed by atoms with van der Waals surface area (Å²) in [6, 6.07) is 16.2. The molecule has 0 bridgehead atoms. The van der Waals surface area contributed by atoms with Crippen LogP contribution in [-0.4, -0.2) is 51.6 Å². The fraction of sp³-hybridized carbons (Fsp3) is 0.303. The molecule has 0 saturated heterocycles. The van der Waals surface area contributed by atoms with Gasteiger partial charge in [-0.2, -0.15) is 0 Å². The van der Waals surface area contributed by atoms with Crippen molar-refractivity contribution in [2.45, 2.75) is 40.2 Å². The quantitative estimate of drug-likeness (QED) is 0.196. The number of benzene rings is 1. The van der Waals surface area contributed by atoms with Crippen molar-refractivity contribution < 1.29 is 18.3 Å². The summed E-state index contributed by atoms with van der Waals surface area (Å²) in [5, 5.41) is 0. The van der Waals surface area contributed by atoms with Crippen LogP contribution in [0.15, 0.2) is 76.2 Å². The molecule has 4 aromatic heterocycles. The average molecular weight is 571 g/mol. The number of ether oxygens (including phenoxy) is 1. The standard InChI is InChI=1S/C33H35FN4O4/c1-5-41-33(40)28-21-37(20-24-10-6-7-12-29(24)34)31-19-27(26-18-22(2)42-23(26)3)30(38(31)32(28)39)14-17-36(4)16-13-25-11-8-9-15-35-25/h6-12,15,18-19,21H,5,13-14,16-17,20H2,1-4H3. The summed E-state index contributed by atoms with van der Waals surface area (Å²) >= 11 is 0. The van der Waals surface area contributed by atoms with E-state index in [9.17, 15) is 14.0 Å². The molecule has 218 valence electrons. The molecule has 0 unspecified atom stereocenters. The molecule has 0 aliphatic heterocycles. The van der Waals surface area contributed by atoms with Crippen LogP contribution in [0.5, 0.6) is 0 Å². The maximum atomic E-state index is 14.7. The second-order valence-electron chi connectivity index (χ2n) is 10.4. The van der Waals surface area contributed by atoms with Crippen molar-refractivity contribution in [3.8, 4) is 11.1 Å². The van der Waals surface area contributed by atoms with Gasteiger partial charge in [-0.1, -0.05) is 24.3 Å². The molecule has 1 aromatic carbocycles. The third-order valence-corrected chi connectivity index (χ3v) is 7.43. The van der Waals surface area contributed by atoms with Crippen molar-refractivity contribution in [1.29, 1.82) is 0 Å². The van der Waals surface area contributed by atoms with Gasteiger partial charge in [-0.15, -0.1) is 0 Å². The van der Waals surface area contributed by atoms with Gasteiger partial charge in [0.15, 0.2) is 0 Å². The molecule has 5 rings (SSSR count). The van der Waals surface area contributed by atoms with E-state index in [1.807, 2.05) is 51.2 Å². The highest BCUT2D eigenvalue weighted by Crippen LogP contribution is 2.33. The Bertz CT molecular complexity index is 1770. The third-order valence-electron chi connectivity index (χ3n) is 7.43. The Morgan fingerprint density at radius 2 is 1.81 bits per heavy atom. The first-order valence-corrected chi connectivity index (χ1v) is 14.1. The predicted molar refractivity (Wildman–Crippen MR) is 159 cm³/mol. The highest BCUT2D eigenvalue weighted by atomic mass is 19.1. The molecule has 0 aliphatic rings. The number of hydrogen-bond acceptors (Lipinski definition) is 6. The first-order chi connectivity index (χ1) is 20.3. The lowest BCUT2D eigenvalue weighted by atomic mass is 10.0. The van der Waals surface area contributed by atoms with E-state index in [0.29, 0.717) is 24.2 Å². The summed E-state index contributed by atoms with van der Waals surface area (Å²) in [5.74, 6) is 0.405. The Kier molecular flexibility index (Phi) is 8.68. The lowest BCUT2D eigenvalue weighted by Crippen LogP contribution is -2.29. The number of fused-ring (bicyclic) bond motifs is 1. The zero-order chi connectivity index (χ0) is 29.8. The van der Waals surface area contributed by atoms with Crippen LogP contribution in [0.3, 0.4) is 0 Å². The van der Waals surface area contributed by atoms with Gasteiger partial charge in [-0.05, 0) is 58.2 Å². The van der Waals surface area contributed by atoms with Crippen LogP contribution in [0.1, 0.15) is 45.8 Å². The van der Waals surface area contributed by atoms with Crippen LogP contribution in [0.4, 0.5) is 4.39 Å². The molecule has 0 amide bonds. The largest absolute Gasteiger partial charge is 0.466 e. The molecule has 0 N–H and O–H groups in total.